The molecule has 61 heavy (non-hydrogen) atoms. The second-order valence-corrected chi connectivity index (χ2v) is 16.1. The molecule has 0 spiro atoms. The molecule has 0 bridgehead atoms. The van der Waals surface area contributed by atoms with Crippen LogP contribution in [-0.4, -0.2) is 16.3 Å². The molecular weight excluding hydrogens is 770 g/mol. The van der Waals surface area contributed by atoms with Gasteiger partial charge in [-0.1, -0.05) is 165 Å². The summed E-state index contributed by atoms with van der Waals surface area (Å²) in [7, 11) is 0.515. The SMILES string of the molecule is C.C[C@@H](N)c1ccccc1.C[C@@H](c1ccccc1)N1PN([C@@H](C)c2ccccc2)c2c1c1ccccc1n2-c1ccccc1.O=C1C(=O)N(c2ccccc2)c2ccccc21. The Balaban J connectivity index is 0.000000172. The highest BCUT2D eigenvalue weighted by Gasteiger charge is 2.39. The van der Waals surface area contributed by atoms with E-state index in [9.17, 15) is 9.59 Å². The number of nitrogens with zero attached hydrogens (tertiary/aromatic N) is 4. The Hall–Kier alpha value is -6.79. The first-order valence-corrected chi connectivity index (χ1v) is 21.2. The Kier molecular flexibility index (Phi) is 13.2. The fraction of sp³-hybridized carbons (Fsp3) is 0.132. The lowest BCUT2D eigenvalue weighted by atomic mass is 10.1. The molecule has 1 unspecified atom stereocenters. The van der Waals surface area contributed by atoms with Gasteiger partial charge in [0.25, 0.3) is 5.78 Å². The highest BCUT2D eigenvalue weighted by Crippen LogP contribution is 2.60. The van der Waals surface area contributed by atoms with E-state index in [-0.39, 0.29) is 25.6 Å². The summed E-state index contributed by atoms with van der Waals surface area (Å²) in [6, 6.07) is 68.3. The minimum atomic E-state index is -0.489. The first-order valence-electron chi connectivity index (χ1n) is 20.3. The summed E-state index contributed by atoms with van der Waals surface area (Å²) in [6.07, 6.45) is 0. The zero-order valence-electron chi connectivity index (χ0n) is 34.0. The van der Waals surface area contributed by atoms with Gasteiger partial charge in [-0.15, -0.1) is 0 Å². The van der Waals surface area contributed by atoms with Gasteiger partial charge in [-0.05, 0) is 79.9 Å². The van der Waals surface area contributed by atoms with Gasteiger partial charge in [-0.25, -0.2) is 0 Å². The Morgan fingerprint density at radius 3 is 1.48 bits per heavy atom. The van der Waals surface area contributed by atoms with E-state index in [0.29, 0.717) is 20.1 Å². The van der Waals surface area contributed by atoms with Gasteiger partial charge >= 0.3 is 5.91 Å². The molecule has 0 aliphatic carbocycles. The molecule has 7 nitrogen and oxygen atoms in total. The zero-order valence-corrected chi connectivity index (χ0v) is 35.0. The maximum atomic E-state index is 11.9. The molecule has 3 heterocycles. The average molecular weight is 822 g/mol. The van der Waals surface area contributed by atoms with Gasteiger partial charge in [0.2, 0.25) is 0 Å². The summed E-state index contributed by atoms with van der Waals surface area (Å²) in [6.45, 7) is 6.64. The van der Waals surface area contributed by atoms with Crippen LogP contribution < -0.4 is 20.0 Å². The maximum absolute atomic E-state index is 11.9. The van der Waals surface area contributed by atoms with Gasteiger partial charge in [0.15, 0.2) is 0 Å². The number of amides is 1. The second-order valence-electron chi connectivity index (χ2n) is 14.9. The molecule has 306 valence electrons. The largest absolute Gasteiger partial charge is 0.325 e. The topological polar surface area (TPSA) is 74.8 Å². The van der Waals surface area contributed by atoms with E-state index < -0.39 is 11.7 Å². The van der Waals surface area contributed by atoms with Crippen LogP contribution in [0.5, 0.6) is 0 Å². The second kappa shape index (κ2) is 19.1. The molecule has 10 rings (SSSR count). The van der Waals surface area contributed by atoms with Crippen molar-refractivity contribution in [1.29, 1.82) is 0 Å². The third-order valence-corrected chi connectivity index (χ3v) is 12.6. The number of para-hydroxylation sites is 4. The number of nitrogens with two attached hydrogens (primary N) is 1. The third-order valence-electron chi connectivity index (χ3n) is 11.0. The molecule has 8 aromatic rings. The molecule has 1 aromatic heterocycles. The van der Waals surface area contributed by atoms with Crippen LogP contribution in [0, 0.1) is 0 Å². The first-order chi connectivity index (χ1) is 29.3. The molecule has 2 aliphatic rings. The van der Waals surface area contributed by atoms with Crippen LogP contribution in [0.1, 0.15) is 73.4 Å². The molecule has 1 amide bonds. The van der Waals surface area contributed by atoms with E-state index in [2.05, 4.69) is 143 Å². The number of rotatable bonds is 7. The minimum Gasteiger partial charge on any atom is -0.325 e. The number of aromatic nitrogens is 1. The summed E-state index contributed by atoms with van der Waals surface area (Å²) in [5.41, 5.74) is 15.1. The van der Waals surface area contributed by atoms with Crippen molar-refractivity contribution in [2.24, 2.45) is 5.73 Å². The Labute approximate surface area is 361 Å². The number of ketones is 1. The molecule has 0 fully saturated rings. The number of hydrogen-bond donors (Lipinski definition) is 1. The quantitative estimate of drug-likeness (QED) is 0.128. The lowest BCUT2D eigenvalue weighted by Crippen LogP contribution is -2.24. The van der Waals surface area contributed by atoms with Crippen molar-refractivity contribution in [3.8, 4) is 5.69 Å². The standard InChI is InChI=1S/C30H28N3P.C14H9NO2.C8H11N.CH4/c1-22(24-14-6-3-7-15-24)32-29-27-20-12-13-21-28(27)31(26-18-10-5-11-19-26)30(29)33(34-32)23(2)25-16-8-4-9-17-25;16-13-11-8-4-5-9-12(11)15(14(13)17)10-6-2-1-3-7-10;1-7(9)8-5-3-2-4-6-8;/h3-23,34H,1-2H3;1-9H;2-7H,9H2,1H3;1H4/t22-,23-;;7-;/m0.1./s1. The summed E-state index contributed by atoms with van der Waals surface area (Å²) < 4.78 is 7.65. The highest BCUT2D eigenvalue weighted by molar-refractivity contribution is 7.43. The van der Waals surface area contributed by atoms with Crippen molar-refractivity contribution in [1.82, 2.24) is 4.57 Å². The summed E-state index contributed by atoms with van der Waals surface area (Å²) in [5, 5.41) is 1.30. The fourth-order valence-electron chi connectivity index (χ4n) is 7.81. The number of carbonyl (C=O) groups is 2. The van der Waals surface area contributed by atoms with E-state index in [1.165, 1.54) is 49.7 Å². The van der Waals surface area contributed by atoms with Crippen molar-refractivity contribution >= 4 is 54.4 Å². The van der Waals surface area contributed by atoms with Crippen molar-refractivity contribution in [3.05, 3.63) is 222 Å². The Morgan fingerprint density at radius 2 is 0.934 bits per heavy atom. The number of fused-ring (bicyclic) bond motifs is 4. The summed E-state index contributed by atoms with van der Waals surface area (Å²) in [4.78, 5) is 25.2. The van der Waals surface area contributed by atoms with Crippen LogP contribution in [0.2, 0.25) is 0 Å². The lowest BCUT2D eigenvalue weighted by molar-refractivity contribution is -0.113. The number of anilines is 4. The van der Waals surface area contributed by atoms with Crippen molar-refractivity contribution in [3.63, 3.8) is 0 Å². The fourth-order valence-corrected chi connectivity index (χ4v) is 9.31. The van der Waals surface area contributed by atoms with E-state index in [4.69, 9.17) is 5.73 Å². The summed E-state index contributed by atoms with van der Waals surface area (Å²) >= 11 is 0. The molecule has 0 saturated carbocycles. The van der Waals surface area contributed by atoms with E-state index in [1.54, 1.807) is 18.2 Å². The number of carbonyl (C=O) groups excluding carboxylic acids is 2. The number of benzene rings is 7. The van der Waals surface area contributed by atoms with Gasteiger partial charge in [-0.3, -0.25) is 19.1 Å². The number of hydrogen-bond acceptors (Lipinski definition) is 5. The van der Waals surface area contributed by atoms with Crippen LogP contribution in [0.15, 0.2) is 200 Å². The molecule has 4 atom stereocenters. The smallest absolute Gasteiger partial charge is 0.304 e. The molecule has 2 N–H and O–H groups in total. The van der Waals surface area contributed by atoms with E-state index in [1.807, 2.05) is 73.7 Å². The summed E-state index contributed by atoms with van der Waals surface area (Å²) in [5.74, 6) is 0.353. The molecule has 2 aliphatic heterocycles. The average Bonchev–Trinajstić information content (AvgIpc) is 3.95. The van der Waals surface area contributed by atoms with Gasteiger partial charge in [0.05, 0.1) is 43.4 Å². The molecule has 0 radical (unpaired) electrons. The lowest BCUT2D eigenvalue weighted by Gasteiger charge is -2.31. The third kappa shape index (κ3) is 8.62. The van der Waals surface area contributed by atoms with Gasteiger partial charge < -0.3 is 15.1 Å². The molecule has 8 heteroatoms. The van der Waals surface area contributed by atoms with E-state index >= 15 is 0 Å². The first kappa shape index (κ1) is 42.3. The van der Waals surface area contributed by atoms with Gasteiger partial charge in [0.1, 0.15) is 5.82 Å². The van der Waals surface area contributed by atoms with Crippen LogP contribution in [0.4, 0.5) is 22.9 Å². The Bertz CT molecular complexity index is 2690. The molecular formula is C53H52N5O2P. The van der Waals surface area contributed by atoms with Crippen LogP contribution in [-0.2, 0) is 4.79 Å². The van der Waals surface area contributed by atoms with Crippen molar-refractivity contribution < 1.29 is 9.59 Å². The highest BCUT2D eigenvalue weighted by atomic mass is 31.1. The van der Waals surface area contributed by atoms with Crippen molar-refractivity contribution in [2.75, 3.05) is 14.2 Å². The van der Waals surface area contributed by atoms with Crippen LogP contribution in [0.3, 0.4) is 0 Å². The van der Waals surface area contributed by atoms with Gasteiger partial charge in [-0.2, -0.15) is 0 Å². The van der Waals surface area contributed by atoms with Gasteiger partial charge in [0, 0.05) is 22.8 Å². The minimum absolute atomic E-state index is 0. The zero-order chi connectivity index (χ0) is 41.6. The molecule has 0 saturated heterocycles. The van der Waals surface area contributed by atoms with Crippen LogP contribution >= 0.6 is 8.88 Å². The van der Waals surface area contributed by atoms with Crippen molar-refractivity contribution in [2.45, 2.75) is 46.3 Å². The molecule has 7 aromatic carbocycles. The van der Waals surface area contributed by atoms with E-state index in [0.717, 1.165) is 5.69 Å². The number of Topliss-reactive ketones (excluding diaryl/α,β-unsaturated/α-hetero) is 1. The normalized spacial score (nSPS) is 14.5. The maximum Gasteiger partial charge on any atom is 0.304 e. The predicted molar refractivity (Wildman–Crippen MR) is 256 cm³/mol. The van der Waals surface area contributed by atoms with Crippen LogP contribution in [0.25, 0.3) is 16.6 Å². The monoisotopic (exact) mass is 821 g/mol. The predicted octanol–water partition coefficient (Wildman–Crippen LogP) is 13.2. The Morgan fingerprint density at radius 1 is 0.492 bits per heavy atom.